The van der Waals surface area contributed by atoms with Crippen LogP contribution in [0.2, 0.25) is 0 Å². The summed E-state index contributed by atoms with van der Waals surface area (Å²) in [6, 6.07) is 7.73. The molecule has 0 radical (unpaired) electrons. The maximum atomic E-state index is 5.68. The van der Waals surface area contributed by atoms with Crippen molar-refractivity contribution >= 4 is 12.6 Å². The summed E-state index contributed by atoms with van der Waals surface area (Å²) in [5.74, 6) is 0.408. The summed E-state index contributed by atoms with van der Waals surface area (Å²) in [6.45, 7) is 5.20. The minimum atomic E-state index is 0.408. The van der Waals surface area contributed by atoms with E-state index in [9.17, 15) is 0 Å². The van der Waals surface area contributed by atoms with E-state index < -0.39 is 0 Å². The third-order valence-corrected chi connectivity index (χ3v) is 1.66. The van der Waals surface area contributed by atoms with Gasteiger partial charge in [0.25, 0.3) is 0 Å². The molecule has 0 aliphatic heterocycles. The third-order valence-electron chi connectivity index (χ3n) is 1.66. The summed E-state index contributed by atoms with van der Waals surface area (Å²) in [6.07, 6.45) is 0. The van der Waals surface area contributed by atoms with Crippen LogP contribution in [0.1, 0.15) is 11.1 Å². The van der Waals surface area contributed by atoms with Crippen molar-refractivity contribution in [2.45, 2.75) is 6.92 Å². The van der Waals surface area contributed by atoms with Crippen molar-refractivity contribution < 1.29 is 0 Å². The van der Waals surface area contributed by atoms with Crippen LogP contribution in [0.15, 0.2) is 34.5 Å². The first-order valence-electron chi connectivity index (χ1n) is 3.85. The van der Waals surface area contributed by atoms with Gasteiger partial charge in [-0.05, 0) is 12.5 Å². The second kappa shape index (κ2) is 4.25. The highest BCUT2D eigenvalue weighted by Gasteiger charge is 2.00. The van der Waals surface area contributed by atoms with E-state index in [0.717, 1.165) is 11.1 Å². The van der Waals surface area contributed by atoms with Crippen molar-refractivity contribution in [1.82, 2.24) is 5.53 Å². The number of hydrogen-bond donors (Lipinski definition) is 2. The maximum Gasteiger partial charge on any atom is 0.152 e. The molecule has 13 heavy (non-hydrogen) atoms. The van der Waals surface area contributed by atoms with Gasteiger partial charge in [0, 0.05) is 12.3 Å². The highest BCUT2D eigenvalue weighted by Crippen LogP contribution is 2.05. The zero-order valence-corrected chi connectivity index (χ0v) is 7.49. The predicted octanol–water partition coefficient (Wildman–Crippen LogP) is 0.821. The lowest BCUT2D eigenvalue weighted by molar-refractivity contribution is 0.814. The van der Waals surface area contributed by atoms with E-state index in [0.29, 0.717) is 5.84 Å². The van der Waals surface area contributed by atoms with Crippen molar-refractivity contribution in [3.05, 3.63) is 35.4 Å². The Morgan fingerprint density at radius 1 is 1.46 bits per heavy atom. The van der Waals surface area contributed by atoms with Crippen molar-refractivity contribution in [1.29, 1.82) is 0 Å². The number of nitrogens with two attached hydrogens (primary N) is 1. The molecule has 1 rings (SSSR count). The SMILES string of the molecule is C=NNN=C(N)c1ccccc1C. The molecule has 0 atom stereocenters. The van der Waals surface area contributed by atoms with E-state index in [-0.39, 0.29) is 0 Å². The number of amidine groups is 1. The van der Waals surface area contributed by atoms with Crippen molar-refractivity contribution in [2.75, 3.05) is 0 Å². The van der Waals surface area contributed by atoms with Gasteiger partial charge in [0.1, 0.15) is 0 Å². The van der Waals surface area contributed by atoms with Gasteiger partial charge in [0.15, 0.2) is 5.84 Å². The van der Waals surface area contributed by atoms with Gasteiger partial charge in [-0.25, -0.2) is 0 Å². The standard InChI is InChI=1S/C9H12N4/c1-7-5-3-4-6-8(7)9(10)12-13-11-2/h3-6,13H,2H2,1H3,(H2,10,12). The van der Waals surface area contributed by atoms with Gasteiger partial charge < -0.3 is 5.73 Å². The molecule has 0 bridgehead atoms. The zero-order valence-electron chi connectivity index (χ0n) is 7.49. The van der Waals surface area contributed by atoms with Crippen LogP contribution in [0.4, 0.5) is 0 Å². The van der Waals surface area contributed by atoms with Crippen LogP contribution in [0, 0.1) is 6.92 Å². The highest BCUT2D eigenvalue weighted by atomic mass is 15.5. The first-order valence-corrected chi connectivity index (χ1v) is 3.85. The average Bonchev–Trinajstić information content (AvgIpc) is 2.15. The molecular formula is C9H12N4. The molecule has 0 heterocycles. The Kier molecular flexibility index (Phi) is 3.03. The summed E-state index contributed by atoms with van der Waals surface area (Å²) < 4.78 is 0. The van der Waals surface area contributed by atoms with Crippen molar-refractivity contribution in [2.24, 2.45) is 15.9 Å². The van der Waals surface area contributed by atoms with Crippen molar-refractivity contribution in [3.8, 4) is 0 Å². The zero-order chi connectivity index (χ0) is 9.68. The van der Waals surface area contributed by atoms with Crippen LogP contribution in [0.3, 0.4) is 0 Å². The summed E-state index contributed by atoms with van der Waals surface area (Å²) in [5.41, 5.74) is 10.0. The lowest BCUT2D eigenvalue weighted by Crippen LogP contribution is -2.17. The Morgan fingerprint density at radius 2 is 2.15 bits per heavy atom. The van der Waals surface area contributed by atoms with Gasteiger partial charge >= 0.3 is 0 Å². The molecule has 3 N–H and O–H groups in total. The summed E-state index contributed by atoms with van der Waals surface area (Å²) in [7, 11) is 0. The van der Waals surface area contributed by atoms with E-state index in [1.807, 2.05) is 31.2 Å². The molecular weight excluding hydrogens is 164 g/mol. The number of benzene rings is 1. The topological polar surface area (TPSA) is 62.8 Å². The molecule has 1 aromatic carbocycles. The molecule has 0 saturated heterocycles. The van der Waals surface area contributed by atoms with Crippen LogP contribution in [0.5, 0.6) is 0 Å². The molecule has 0 saturated carbocycles. The minimum absolute atomic E-state index is 0.408. The number of nitrogens with one attached hydrogen (secondary N) is 1. The fraction of sp³-hybridized carbons (Fsp3) is 0.111. The van der Waals surface area contributed by atoms with Gasteiger partial charge in [0.05, 0.1) is 0 Å². The van der Waals surface area contributed by atoms with E-state index in [1.54, 1.807) is 0 Å². The van der Waals surface area contributed by atoms with Gasteiger partial charge in [0.2, 0.25) is 0 Å². The maximum absolute atomic E-state index is 5.68. The van der Waals surface area contributed by atoms with E-state index in [1.165, 1.54) is 0 Å². The van der Waals surface area contributed by atoms with E-state index in [4.69, 9.17) is 5.73 Å². The molecule has 0 amide bonds. The number of rotatable bonds is 3. The molecule has 4 heteroatoms. The van der Waals surface area contributed by atoms with Crippen LogP contribution in [-0.2, 0) is 0 Å². The van der Waals surface area contributed by atoms with E-state index >= 15 is 0 Å². The Hall–Kier alpha value is -1.84. The van der Waals surface area contributed by atoms with Crippen molar-refractivity contribution in [3.63, 3.8) is 0 Å². The highest BCUT2D eigenvalue weighted by molar-refractivity contribution is 5.98. The molecule has 1 aromatic rings. The third kappa shape index (κ3) is 2.30. The summed E-state index contributed by atoms with van der Waals surface area (Å²) in [5, 5.41) is 7.15. The first kappa shape index (κ1) is 9.25. The molecule has 68 valence electrons. The Labute approximate surface area is 77.1 Å². The second-order valence-corrected chi connectivity index (χ2v) is 2.57. The van der Waals surface area contributed by atoms with Gasteiger partial charge in [-0.15, -0.1) is 5.10 Å². The van der Waals surface area contributed by atoms with Crippen LogP contribution in [-0.4, -0.2) is 12.6 Å². The Morgan fingerprint density at radius 3 is 2.77 bits per heavy atom. The van der Waals surface area contributed by atoms with E-state index in [2.05, 4.69) is 22.5 Å². The number of hydrogen-bond acceptors (Lipinski definition) is 3. The molecule has 0 aromatic heterocycles. The molecule has 0 spiro atoms. The lowest BCUT2D eigenvalue weighted by Gasteiger charge is -2.03. The number of aryl methyl sites for hydroxylation is 1. The summed E-state index contributed by atoms with van der Waals surface area (Å²) in [4.78, 5) is 0. The van der Waals surface area contributed by atoms with Crippen LogP contribution >= 0.6 is 0 Å². The van der Waals surface area contributed by atoms with Gasteiger partial charge in [-0.2, -0.15) is 10.6 Å². The quantitative estimate of drug-likeness (QED) is 0.407. The molecule has 0 aliphatic carbocycles. The fourth-order valence-corrected chi connectivity index (χ4v) is 1.01. The van der Waals surface area contributed by atoms with Crippen LogP contribution < -0.4 is 11.3 Å². The second-order valence-electron chi connectivity index (χ2n) is 2.57. The van der Waals surface area contributed by atoms with Gasteiger partial charge in [-0.3, -0.25) is 0 Å². The molecule has 0 unspecified atom stereocenters. The van der Waals surface area contributed by atoms with Gasteiger partial charge in [-0.1, -0.05) is 24.3 Å². The van der Waals surface area contributed by atoms with Crippen LogP contribution in [0.25, 0.3) is 0 Å². The lowest BCUT2D eigenvalue weighted by atomic mass is 10.1. The molecule has 0 fully saturated rings. The normalized spacial score (nSPS) is 11.0. The largest absolute Gasteiger partial charge is 0.382 e. The number of hydrazone groups is 2. The molecule has 4 nitrogen and oxygen atoms in total. The monoisotopic (exact) mass is 176 g/mol. The Balaban J connectivity index is 2.94. The predicted molar refractivity (Wildman–Crippen MR) is 54.6 cm³/mol. The fourth-order valence-electron chi connectivity index (χ4n) is 1.01. The molecule has 0 aliphatic rings. The average molecular weight is 176 g/mol. The first-order chi connectivity index (χ1) is 6.25. The number of nitrogens with zero attached hydrogens (tertiary/aromatic N) is 2. The summed E-state index contributed by atoms with van der Waals surface area (Å²) >= 11 is 0. The Bertz CT molecular complexity index is 330. The minimum Gasteiger partial charge on any atom is -0.382 e. The smallest absolute Gasteiger partial charge is 0.152 e.